The van der Waals surface area contributed by atoms with Gasteiger partial charge in [0.25, 0.3) is 0 Å². The summed E-state index contributed by atoms with van der Waals surface area (Å²) in [7, 11) is 1.33. The quantitative estimate of drug-likeness (QED) is 0.657. The Bertz CT molecular complexity index is 192. The van der Waals surface area contributed by atoms with Gasteiger partial charge in [0.1, 0.15) is 6.10 Å². The van der Waals surface area contributed by atoms with Gasteiger partial charge in [0.2, 0.25) is 0 Å². The van der Waals surface area contributed by atoms with Gasteiger partial charge in [0.15, 0.2) is 18.6 Å². The molecule has 0 aromatic rings. The molecule has 6 atom stereocenters. The summed E-state index contributed by atoms with van der Waals surface area (Å²) in [6.45, 7) is 1.55. The predicted molar refractivity (Wildman–Crippen MR) is 47.1 cm³/mol. The molecular formula is C8H16F2N2O2. The van der Waals surface area contributed by atoms with E-state index < -0.39 is 36.8 Å². The van der Waals surface area contributed by atoms with Crippen molar-refractivity contribution in [1.82, 2.24) is 0 Å². The number of ether oxygens (including phenoxy) is 2. The highest BCUT2D eigenvalue weighted by Gasteiger charge is 2.46. The predicted octanol–water partition coefficient (Wildman–Crippen LogP) is -0.292. The molecule has 14 heavy (non-hydrogen) atoms. The Hall–Kier alpha value is -0.300. The van der Waals surface area contributed by atoms with E-state index in [2.05, 4.69) is 0 Å². The van der Waals surface area contributed by atoms with Gasteiger partial charge in [-0.15, -0.1) is 0 Å². The van der Waals surface area contributed by atoms with Gasteiger partial charge in [-0.3, -0.25) is 0 Å². The Morgan fingerprint density at radius 3 is 2.36 bits per heavy atom. The lowest BCUT2D eigenvalue weighted by Gasteiger charge is -2.39. The van der Waals surface area contributed by atoms with Crippen molar-refractivity contribution in [2.24, 2.45) is 11.5 Å². The van der Waals surface area contributed by atoms with Crippen LogP contribution in [0, 0.1) is 0 Å². The molecule has 5 unspecified atom stereocenters. The highest BCUT2D eigenvalue weighted by molar-refractivity contribution is 4.94. The molecule has 1 heterocycles. The Labute approximate surface area is 81.5 Å². The fourth-order valence-electron chi connectivity index (χ4n) is 1.49. The molecule has 1 aliphatic heterocycles. The van der Waals surface area contributed by atoms with Crippen LogP contribution < -0.4 is 11.5 Å². The SMILES string of the molecule is CO[C@H]1OC(C(C)N)C(F)C(F)C1N. The minimum Gasteiger partial charge on any atom is -0.354 e. The van der Waals surface area contributed by atoms with Crippen LogP contribution in [0.25, 0.3) is 0 Å². The lowest BCUT2D eigenvalue weighted by molar-refractivity contribution is -0.231. The Kier molecular flexibility index (Phi) is 3.77. The van der Waals surface area contributed by atoms with Crippen molar-refractivity contribution in [2.75, 3.05) is 7.11 Å². The summed E-state index contributed by atoms with van der Waals surface area (Å²) in [6, 6.07) is -1.71. The molecule has 1 fully saturated rings. The molecule has 0 spiro atoms. The van der Waals surface area contributed by atoms with Crippen LogP contribution in [0.15, 0.2) is 0 Å². The first-order valence-electron chi connectivity index (χ1n) is 4.46. The van der Waals surface area contributed by atoms with Crippen molar-refractivity contribution in [2.45, 2.75) is 43.7 Å². The van der Waals surface area contributed by atoms with Crippen LogP contribution in [0.4, 0.5) is 8.78 Å². The number of nitrogens with two attached hydrogens (primary N) is 2. The summed E-state index contributed by atoms with van der Waals surface area (Å²) in [4.78, 5) is 0. The van der Waals surface area contributed by atoms with Crippen molar-refractivity contribution >= 4 is 0 Å². The first-order chi connectivity index (χ1) is 6.49. The molecule has 0 aromatic carbocycles. The van der Waals surface area contributed by atoms with Gasteiger partial charge < -0.3 is 20.9 Å². The molecule has 0 amide bonds. The molecule has 1 rings (SSSR count). The Balaban J connectivity index is 2.73. The summed E-state index contributed by atoms with van der Waals surface area (Å²) in [5.74, 6) is 0. The molecule has 0 aliphatic carbocycles. The third kappa shape index (κ3) is 2.03. The number of halogens is 2. The summed E-state index contributed by atoms with van der Waals surface area (Å²) in [6.07, 6.45) is -5.54. The van der Waals surface area contributed by atoms with Gasteiger partial charge in [-0.05, 0) is 6.92 Å². The Morgan fingerprint density at radius 1 is 1.36 bits per heavy atom. The number of rotatable bonds is 2. The number of hydrogen-bond acceptors (Lipinski definition) is 4. The van der Waals surface area contributed by atoms with Gasteiger partial charge >= 0.3 is 0 Å². The molecule has 0 radical (unpaired) electrons. The maximum Gasteiger partial charge on any atom is 0.175 e. The van der Waals surface area contributed by atoms with Crippen molar-refractivity contribution in [3.63, 3.8) is 0 Å². The highest BCUT2D eigenvalue weighted by Crippen LogP contribution is 2.26. The fourth-order valence-corrected chi connectivity index (χ4v) is 1.49. The minimum atomic E-state index is -1.80. The summed E-state index contributed by atoms with van der Waals surface area (Å²) < 4.78 is 36.5. The molecule has 1 aliphatic rings. The van der Waals surface area contributed by atoms with E-state index in [9.17, 15) is 8.78 Å². The highest BCUT2D eigenvalue weighted by atomic mass is 19.2. The molecule has 6 heteroatoms. The van der Waals surface area contributed by atoms with Crippen LogP contribution in [0.2, 0.25) is 0 Å². The molecule has 84 valence electrons. The molecule has 4 nitrogen and oxygen atoms in total. The molecule has 4 N–H and O–H groups in total. The zero-order valence-corrected chi connectivity index (χ0v) is 8.19. The average Bonchev–Trinajstić information content (AvgIpc) is 2.14. The molecule has 0 saturated carbocycles. The van der Waals surface area contributed by atoms with Crippen LogP contribution in [0.5, 0.6) is 0 Å². The zero-order valence-electron chi connectivity index (χ0n) is 8.19. The largest absolute Gasteiger partial charge is 0.354 e. The Morgan fingerprint density at radius 2 is 1.93 bits per heavy atom. The fraction of sp³-hybridized carbons (Fsp3) is 1.00. The smallest absolute Gasteiger partial charge is 0.175 e. The monoisotopic (exact) mass is 210 g/mol. The summed E-state index contributed by atoms with van der Waals surface area (Å²) >= 11 is 0. The van der Waals surface area contributed by atoms with Gasteiger partial charge in [-0.25, -0.2) is 8.78 Å². The van der Waals surface area contributed by atoms with E-state index in [4.69, 9.17) is 20.9 Å². The molecular weight excluding hydrogens is 194 g/mol. The second-order valence-electron chi connectivity index (χ2n) is 3.53. The third-order valence-corrected chi connectivity index (χ3v) is 2.34. The van der Waals surface area contributed by atoms with Crippen LogP contribution in [0.1, 0.15) is 6.92 Å². The van der Waals surface area contributed by atoms with Crippen molar-refractivity contribution in [1.29, 1.82) is 0 Å². The lowest BCUT2D eigenvalue weighted by Crippen LogP contribution is -2.62. The lowest BCUT2D eigenvalue weighted by atomic mass is 9.96. The van der Waals surface area contributed by atoms with E-state index in [1.165, 1.54) is 7.11 Å². The third-order valence-electron chi connectivity index (χ3n) is 2.34. The zero-order chi connectivity index (χ0) is 10.9. The molecule has 1 saturated heterocycles. The maximum atomic E-state index is 13.3. The first-order valence-corrected chi connectivity index (χ1v) is 4.46. The van der Waals surface area contributed by atoms with Crippen LogP contribution >= 0.6 is 0 Å². The van der Waals surface area contributed by atoms with Crippen molar-refractivity contribution in [3.05, 3.63) is 0 Å². The van der Waals surface area contributed by atoms with Gasteiger partial charge in [0.05, 0.1) is 6.04 Å². The minimum absolute atomic E-state index is 0.603. The van der Waals surface area contributed by atoms with E-state index in [0.29, 0.717) is 0 Å². The second kappa shape index (κ2) is 4.48. The first kappa shape index (κ1) is 11.8. The van der Waals surface area contributed by atoms with Crippen molar-refractivity contribution in [3.8, 4) is 0 Å². The maximum absolute atomic E-state index is 13.3. The standard InChI is InChI=1S/C8H16F2N2O2/c1-3(11)7-5(10)4(9)6(12)8(13-2)14-7/h3-8H,11-12H2,1-2H3/t3?,4?,5?,6?,7?,8-/m0/s1. The average molecular weight is 210 g/mol. The van der Waals surface area contributed by atoms with Crippen LogP contribution in [-0.4, -0.2) is 43.9 Å². The second-order valence-corrected chi connectivity index (χ2v) is 3.53. The number of hydrogen-bond donors (Lipinski definition) is 2. The summed E-state index contributed by atoms with van der Waals surface area (Å²) in [5, 5.41) is 0. The van der Waals surface area contributed by atoms with E-state index >= 15 is 0 Å². The van der Waals surface area contributed by atoms with Crippen LogP contribution in [0.3, 0.4) is 0 Å². The summed E-state index contributed by atoms with van der Waals surface area (Å²) in [5.41, 5.74) is 10.8. The van der Waals surface area contributed by atoms with E-state index in [1.807, 2.05) is 0 Å². The van der Waals surface area contributed by atoms with E-state index in [-0.39, 0.29) is 0 Å². The van der Waals surface area contributed by atoms with Crippen LogP contribution in [-0.2, 0) is 9.47 Å². The normalized spacial score (nSPS) is 46.3. The van der Waals surface area contributed by atoms with E-state index in [0.717, 1.165) is 0 Å². The number of methoxy groups -OCH3 is 1. The van der Waals surface area contributed by atoms with Gasteiger partial charge in [-0.1, -0.05) is 0 Å². The molecule has 0 aromatic heterocycles. The molecule has 0 bridgehead atoms. The van der Waals surface area contributed by atoms with E-state index in [1.54, 1.807) is 6.92 Å². The van der Waals surface area contributed by atoms with Gasteiger partial charge in [0, 0.05) is 13.2 Å². The topological polar surface area (TPSA) is 70.5 Å². The number of alkyl halides is 2. The van der Waals surface area contributed by atoms with Gasteiger partial charge in [-0.2, -0.15) is 0 Å². The van der Waals surface area contributed by atoms with Crippen molar-refractivity contribution < 1.29 is 18.3 Å².